The number of carbonyl (C=O) groups is 2. The Morgan fingerprint density at radius 3 is 2.26 bits per heavy atom. The van der Waals surface area contributed by atoms with E-state index in [1.807, 2.05) is 36.4 Å². The van der Waals surface area contributed by atoms with Gasteiger partial charge in [-0.25, -0.2) is 28.5 Å². The minimum Gasteiger partial charge on any atom is -0.508 e. The van der Waals surface area contributed by atoms with Crippen LogP contribution < -0.4 is 31.1 Å². The van der Waals surface area contributed by atoms with Gasteiger partial charge in [0, 0.05) is 55.1 Å². The number of hydrogen-bond acceptors (Lipinski definition) is 10. The smallest absolute Gasteiger partial charge is 0.347 e. The number of aromatic nitrogens is 5. The molecule has 1 fully saturated rings. The lowest BCUT2D eigenvalue weighted by atomic mass is 9.43. The molecule has 58 heavy (non-hydrogen) atoms. The number of benzene rings is 3. The van der Waals surface area contributed by atoms with Gasteiger partial charge in [-0.3, -0.25) is 14.4 Å². The van der Waals surface area contributed by atoms with Crippen molar-refractivity contribution in [3.05, 3.63) is 132 Å². The van der Waals surface area contributed by atoms with Gasteiger partial charge in [0.1, 0.15) is 23.8 Å². The molecule has 300 valence electrons. The fourth-order valence-corrected chi connectivity index (χ4v) is 9.47. The van der Waals surface area contributed by atoms with Crippen molar-refractivity contribution in [2.75, 3.05) is 14.2 Å². The highest BCUT2D eigenvalue weighted by Gasteiger charge is 2.67. The van der Waals surface area contributed by atoms with E-state index in [0.29, 0.717) is 50.6 Å². The molecule has 1 saturated carbocycles. The molecule has 1 aliphatic heterocycles. The first-order valence-corrected chi connectivity index (χ1v) is 19.2. The Morgan fingerprint density at radius 1 is 0.879 bits per heavy atom. The highest BCUT2D eigenvalue weighted by atomic mass is 16.5. The van der Waals surface area contributed by atoms with E-state index in [2.05, 4.69) is 4.98 Å². The molecule has 0 unspecified atom stereocenters. The van der Waals surface area contributed by atoms with Crippen molar-refractivity contribution < 1.29 is 28.9 Å². The van der Waals surface area contributed by atoms with Crippen LogP contribution in [-0.2, 0) is 42.8 Å². The molecule has 2 aromatic heterocycles. The Morgan fingerprint density at radius 2 is 1.57 bits per heavy atom. The van der Waals surface area contributed by atoms with Crippen LogP contribution in [0, 0.1) is 10.8 Å². The van der Waals surface area contributed by atoms with Crippen molar-refractivity contribution in [1.29, 1.82) is 0 Å². The molecule has 14 heteroatoms. The lowest BCUT2D eigenvalue weighted by molar-refractivity contribution is -0.151. The zero-order valence-electron chi connectivity index (χ0n) is 33.5. The van der Waals surface area contributed by atoms with E-state index >= 15 is 0 Å². The topological polar surface area (TPSA) is 166 Å². The van der Waals surface area contributed by atoms with Gasteiger partial charge < -0.3 is 23.9 Å². The number of Topliss-reactive ketones (excluding diaryl/α,β-unsaturated/α-hetero) is 2. The number of hydrogen-bond donors (Lipinski definition) is 1. The third-order valence-corrected chi connectivity index (χ3v) is 13.0. The van der Waals surface area contributed by atoms with Gasteiger partial charge >= 0.3 is 11.4 Å². The third-order valence-electron chi connectivity index (χ3n) is 13.0. The van der Waals surface area contributed by atoms with Gasteiger partial charge in [0.15, 0.2) is 23.1 Å². The second-order valence-electron chi connectivity index (χ2n) is 15.8. The number of ketones is 2. The maximum atomic E-state index is 14.6. The Hall–Kier alpha value is -6.44. The molecule has 4 atom stereocenters. The predicted molar refractivity (Wildman–Crippen MR) is 215 cm³/mol. The van der Waals surface area contributed by atoms with Crippen LogP contribution in [0.2, 0.25) is 0 Å². The number of carbonyl (C=O) groups excluding carboxylic acids is 2. The average Bonchev–Trinajstić information content (AvgIpc) is 3.47. The van der Waals surface area contributed by atoms with Crippen LogP contribution in [0.4, 0.5) is 0 Å². The fraction of sp³-hybridized carbons (Fsp3) is 0.364. The molecule has 0 amide bonds. The molecular formula is C44H45N5O9. The van der Waals surface area contributed by atoms with Crippen molar-refractivity contribution in [1.82, 2.24) is 23.5 Å². The zero-order valence-corrected chi connectivity index (χ0v) is 33.5. The van der Waals surface area contributed by atoms with E-state index in [9.17, 15) is 29.1 Å². The van der Waals surface area contributed by atoms with Gasteiger partial charge in [0.05, 0.1) is 43.3 Å². The molecule has 1 N–H and O–H groups in total. The molecular weight excluding hydrogens is 743 g/mol. The number of aryl methyl sites for hydroxylation is 2. The number of rotatable bonds is 9. The molecule has 8 rings (SSSR count). The summed E-state index contributed by atoms with van der Waals surface area (Å²) >= 11 is 0. The molecule has 0 radical (unpaired) electrons. The van der Waals surface area contributed by atoms with Crippen molar-refractivity contribution in [3.63, 3.8) is 0 Å². The maximum absolute atomic E-state index is 14.6. The number of allylic oxidation sites excluding steroid dienone is 4. The summed E-state index contributed by atoms with van der Waals surface area (Å²) in [6.45, 7) is 6.98. The molecule has 0 bridgehead atoms. The van der Waals surface area contributed by atoms with Crippen LogP contribution in [0.3, 0.4) is 0 Å². The van der Waals surface area contributed by atoms with Crippen molar-refractivity contribution in [3.8, 4) is 23.0 Å². The van der Waals surface area contributed by atoms with Crippen LogP contribution in [-0.4, -0.2) is 54.4 Å². The lowest BCUT2D eigenvalue weighted by Gasteiger charge is -2.58. The first-order chi connectivity index (χ1) is 27.7. The number of phenolic OH excluding ortho intramolecular Hbond substituents is 1. The van der Waals surface area contributed by atoms with Crippen LogP contribution in [0.15, 0.2) is 97.8 Å². The molecule has 5 aromatic rings. The number of phenols is 1. The van der Waals surface area contributed by atoms with Gasteiger partial charge in [-0.15, -0.1) is 0 Å². The minimum atomic E-state index is -1.36. The molecule has 0 saturated heterocycles. The lowest BCUT2D eigenvalue weighted by Crippen LogP contribution is -2.61. The number of nitrogens with zero attached hydrogens (tertiary/aromatic N) is 5. The van der Waals surface area contributed by atoms with Gasteiger partial charge in [-0.2, -0.15) is 0 Å². The van der Waals surface area contributed by atoms with Crippen molar-refractivity contribution in [2.24, 2.45) is 17.9 Å². The number of aromatic hydroxyl groups is 1. The van der Waals surface area contributed by atoms with Gasteiger partial charge in [0.25, 0.3) is 5.56 Å². The summed E-state index contributed by atoms with van der Waals surface area (Å²) in [5.74, 6) is -0.132. The summed E-state index contributed by atoms with van der Waals surface area (Å²) in [7, 11) is 4.61. The summed E-state index contributed by atoms with van der Waals surface area (Å²) in [5.41, 5.74) is -0.438. The number of methoxy groups -OCH3 is 2. The number of fused-ring (bicyclic) bond motifs is 5. The standard InChI is InChI=1S/C44H45N5O9/c1-24-25(2)39(52)44(4)37(29-14-13-27(19-34(29)50)58-23-26-11-9-8-10-12-26)28-15-18-48-41(54)47(42(55)49(48)33(28)22-43(44,3)38(24)51)17-16-30-40(53)46(5)32-21-36(57-7)35(56-6)20-31(32)45-30/h8-15,19-21,33,37,50H,16-18,22-23H2,1-7H3/t33-,37-,43+,44-/m1/s1. The van der Waals surface area contributed by atoms with E-state index in [-0.39, 0.29) is 55.5 Å². The SMILES string of the molecule is COc1cc2nc(CCn3c(=O)n4n(c3=O)[C@@H]3C[C@@]5(C)C(=O)C(C)=C(C)C(=O)[C@@]5(C)[C@@H](c5ccc(OCc6ccccc6)cc5O)C3=CC4)c(=O)n(C)c2cc1OC. The monoisotopic (exact) mass is 787 g/mol. The van der Waals surface area contributed by atoms with Gasteiger partial charge in [0.2, 0.25) is 0 Å². The zero-order chi connectivity index (χ0) is 41.4. The second-order valence-corrected chi connectivity index (χ2v) is 15.8. The summed E-state index contributed by atoms with van der Waals surface area (Å²) < 4.78 is 22.1. The first kappa shape index (κ1) is 38.4. The highest BCUT2D eigenvalue weighted by Crippen LogP contribution is 2.66. The second kappa shape index (κ2) is 13.9. The molecule has 3 aliphatic rings. The van der Waals surface area contributed by atoms with Gasteiger partial charge in [-0.05, 0) is 48.6 Å². The first-order valence-electron chi connectivity index (χ1n) is 19.2. The van der Waals surface area contributed by atoms with Gasteiger partial charge in [-0.1, -0.05) is 56.3 Å². The molecule has 3 aromatic carbocycles. The molecule has 3 heterocycles. The van der Waals surface area contributed by atoms with Crippen molar-refractivity contribution >= 4 is 22.6 Å². The third kappa shape index (κ3) is 5.52. The molecule has 2 aliphatic carbocycles. The summed E-state index contributed by atoms with van der Waals surface area (Å²) in [5, 5.41) is 11.7. The average molecular weight is 788 g/mol. The largest absolute Gasteiger partial charge is 0.508 e. The van der Waals surface area contributed by atoms with E-state index in [4.69, 9.17) is 14.2 Å². The summed E-state index contributed by atoms with van der Waals surface area (Å²) in [6, 6.07) is 17.1. The van der Waals surface area contributed by atoms with E-state index < -0.39 is 39.7 Å². The minimum absolute atomic E-state index is 0.00281. The van der Waals surface area contributed by atoms with E-state index in [1.165, 1.54) is 34.2 Å². The molecule has 0 spiro atoms. The number of ether oxygens (including phenoxy) is 3. The predicted octanol–water partition coefficient (Wildman–Crippen LogP) is 4.77. The normalized spacial score (nSPS) is 22.6. The van der Waals surface area contributed by atoms with Crippen LogP contribution in [0.25, 0.3) is 11.0 Å². The highest BCUT2D eigenvalue weighted by molar-refractivity contribution is 6.17. The Kier molecular flexibility index (Phi) is 9.20. The van der Waals surface area contributed by atoms with Crippen LogP contribution >= 0.6 is 0 Å². The van der Waals surface area contributed by atoms with Crippen LogP contribution in [0.5, 0.6) is 23.0 Å². The Labute approximate surface area is 333 Å². The quantitative estimate of drug-likeness (QED) is 0.206. The molecule has 14 nitrogen and oxygen atoms in total. The maximum Gasteiger partial charge on any atom is 0.347 e. The van der Waals surface area contributed by atoms with E-state index in [1.54, 1.807) is 59.0 Å². The summed E-state index contributed by atoms with van der Waals surface area (Å²) in [6.07, 6.45) is 1.87. The van der Waals surface area contributed by atoms with Crippen molar-refractivity contribution in [2.45, 2.75) is 72.2 Å². The fourth-order valence-electron chi connectivity index (χ4n) is 9.47. The summed E-state index contributed by atoms with van der Waals surface area (Å²) in [4.78, 5) is 75.7. The van der Waals surface area contributed by atoms with E-state index in [0.717, 1.165) is 10.1 Å². The van der Waals surface area contributed by atoms with Crippen LogP contribution in [0.1, 0.15) is 62.9 Å². The Balaban J connectivity index is 1.20. The Bertz CT molecular complexity index is 2810.